The van der Waals surface area contributed by atoms with E-state index in [1.54, 1.807) is 0 Å². The third-order valence-electron chi connectivity index (χ3n) is 5.60. The molecule has 0 radical (unpaired) electrons. The second-order valence-corrected chi connectivity index (χ2v) is 7.87. The summed E-state index contributed by atoms with van der Waals surface area (Å²) in [5.41, 5.74) is 7.56. The Balaban J connectivity index is 1.25. The minimum Gasteiger partial charge on any atom is -0.460 e. The highest BCUT2D eigenvalue weighted by Crippen LogP contribution is 2.33. The normalized spacial score (nSPS) is 14.1. The van der Waals surface area contributed by atoms with E-state index >= 15 is 0 Å². The number of ether oxygens (including phenoxy) is 2. The lowest BCUT2D eigenvalue weighted by atomic mass is 10.1. The van der Waals surface area contributed by atoms with Crippen molar-refractivity contribution in [3.63, 3.8) is 0 Å². The molecule has 172 valence electrons. The summed E-state index contributed by atoms with van der Waals surface area (Å²) >= 11 is 0. The smallest absolute Gasteiger partial charge is 0.318 e. The van der Waals surface area contributed by atoms with Crippen LogP contribution in [0.5, 0.6) is 17.6 Å². The molecule has 34 heavy (non-hydrogen) atoms. The van der Waals surface area contributed by atoms with E-state index in [0.29, 0.717) is 5.88 Å². The van der Waals surface area contributed by atoms with E-state index in [9.17, 15) is 4.39 Å². The zero-order chi connectivity index (χ0) is 23.3. The van der Waals surface area contributed by atoms with Gasteiger partial charge in [0.25, 0.3) is 0 Å². The van der Waals surface area contributed by atoms with Gasteiger partial charge >= 0.3 is 6.01 Å². The third-order valence-corrected chi connectivity index (χ3v) is 5.60. The number of rotatable bonds is 6. The molecule has 8 nitrogen and oxygen atoms in total. The molecule has 1 saturated heterocycles. The standard InChI is InChI=1S/C25H23FN6O2/c26-20-15-28-25(31-24(20)27)33-18-10-12-32(13-11-18)22-14-23(30-16-29-22)34-21-9-5-4-8-19(21)17-6-2-1-3-7-17/h1-9,14-16,18H,10-13H2,(H2,27,28,31). The van der Waals surface area contributed by atoms with Gasteiger partial charge in [-0.1, -0.05) is 48.5 Å². The Morgan fingerprint density at radius 3 is 2.50 bits per heavy atom. The van der Waals surface area contributed by atoms with Crippen molar-refractivity contribution in [2.75, 3.05) is 23.7 Å². The summed E-state index contributed by atoms with van der Waals surface area (Å²) in [5, 5.41) is 0. The summed E-state index contributed by atoms with van der Waals surface area (Å²) in [6, 6.07) is 19.9. The van der Waals surface area contributed by atoms with Gasteiger partial charge in [0.05, 0.1) is 6.20 Å². The molecule has 0 unspecified atom stereocenters. The summed E-state index contributed by atoms with van der Waals surface area (Å²) < 4.78 is 25.2. The van der Waals surface area contributed by atoms with Crippen molar-refractivity contribution in [3.05, 3.63) is 79.0 Å². The van der Waals surface area contributed by atoms with E-state index < -0.39 is 5.82 Å². The maximum atomic E-state index is 13.3. The summed E-state index contributed by atoms with van der Waals surface area (Å²) in [4.78, 5) is 18.6. The number of benzene rings is 2. The van der Waals surface area contributed by atoms with E-state index in [1.807, 2.05) is 60.7 Å². The number of piperidine rings is 1. The van der Waals surface area contributed by atoms with Gasteiger partial charge in [-0.25, -0.2) is 19.3 Å². The average molecular weight is 458 g/mol. The molecule has 2 aromatic heterocycles. The lowest BCUT2D eigenvalue weighted by Gasteiger charge is -2.32. The van der Waals surface area contributed by atoms with E-state index in [2.05, 4.69) is 24.8 Å². The lowest BCUT2D eigenvalue weighted by molar-refractivity contribution is 0.156. The zero-order valence-corrected chi connectivity index (χ0v) is 18.3. The van der Waals surface area contributed by atoms with Crippen molar-refractivity contribution in [1.82, 2.24) is 19.9 Å². The van der Waals surface area contributed by atoms with Crippen LogP contribution >= 0.6 is 0 Å². The number of halogens is 1. The van der Waals surface area contributed by atoms with Crippen LogP contribution in [0.3, 0.4) is 0 Å². The molecule has 2 N–H and O–H groups in total. The van der Waals surface area contributed by atoms with Crippen LogP contribution in [0.1, 0.15) is 12.8 Å². The first-order valence-corrected chi connectivity index (χ1v) is 11.0. The minimum absolute atomic E-state index is 0.0866. The first kappa shape index (κ1) is 21.6. The fourth-order valence-corrected chi connectivity index (χ4v) is 3.86. The molecule has 9 heteroatoms. The van der Waals surface area contributed by atoms with Gasteiger partial charge in [0, 0.05) is 37.6 Å². The van der Waals surface area contributed by atoms with Gasteiger partial charge in [-0.05, 0) is 11.6 Å². The molecule has 1 aliphatic rings. The molecule has 5 rings (SSSR count). The van der Waals surface area contributed by atoms with Crippen molar-refractivity contribution in [2.45, 2.75) is 18.9 Å². The maximum Gasteiger partial charge on any atom is 0.318 e. The molecule has 0 atom stereocenters. The number of hydrogen-bond acceptors (Lipinski definition) is 8. The second kappa shape index (κ2) is 9.70. The Labute approximate surface area is 196 Å². The van der Waals surface area contributed by atoms with Crippen LogP contribution in [0.4, 0.5) is 16.0 Å². The topological polar surface area (TPSA) is 99.3 Å². The first-order valence-electron chi connectivity index (χ1n) is 11.0. The average Bonchev–Trinajstić information content (AvgIpc) is 2.88. The van der Waals surface area contributed by atoms with E-state index in [-0.39, 0.29) is 17.9 Å². The van der Waals surface area contributed by atoms with Gasteiger partial charge in [0.1, 0.15) is 24.0 Å². The number of nitrogens with two attached hydrogens (primary N) is 1. The molecule has 0 saturated carbocycles. The minimum atomic E-state index is -0.657. The maximum absolute atomic E-state index is 13.3. The zero-order valence-electron chi connectivity index (χ0n) is 18.3. The Bertz CT molecular complexity index is 1270. The molecule has 3 heterocycles. The molecule has 0 aliphatic carbocycles. The molecule has 2 aromatic carbocycles. The monoisotopic (exact) mass is 458 g/mol. The summed E-state index contributed by atoms with van der Waals surface area (Å²) in [6.45, 7) is 1.44. The van der Waals surface area contributed by atoms with Gasteiger partial charge in [0.2, 0.25) is 5.88 Å². The van der Waals surface area contributed by atoms with Gasteiger partial charge in [-0.3, -0.25) is 0 Å². The lowest BCUT2D eigenvalue weighted by Crippen LogP contribution is -2.39. The molecule has 0 bridgehead atoms. The van der Waals surface area contributed by atoms with Gasteiger partial charge in [-0.2, -0.15) is 4.98 Å². The van der Waals surface area contributed by atoms with Gasteiger partial charge in [-0.15, -0.1) is 0 Å². The van der Waals surface area contributed by atoms with Crippen LogP contribution in [0.2, 0.25) is 0 Å². The fraction of sp³-hybridized carbons (Fsp3) is 0.200. The third kappa shape index (κ3) is 4.88. The van der Waals surface area contributed by atoms with Crippen LogP contribution in [0.25, 0.3) is 11.1 Å². The van der Waals surface area contributed by atoms with E-state index in [4.69, 9.17) is 15.2 Å². The Morgan fingerprint density at radius 1 is 0.941 bits per heavy atom. The van der Waals surface area contributed by atoms with Crippen molar-refractivity contribution in [3.8, 4) is 28.8 Å². The van der Waals surface area contributed by atoms with E-state index in [0.717, 1.165) is 54.8 Å². The van der Waals surface area contributed by atoms with Crippen LogP contribution in [-0.2, 0) is 0 Å². The predicted molar refractivity (Wildman–Crippen MR) is 126 cm³/mol. The van der Waals surface area contributed by atoms with E-state index in [1.165, 1.54) is 6.33 Å². The highest BCUT2D eigenvalue weighted by atomic mass is 19.1. The number of para-hydroxylation sites is 1. The number of nitrogens with zero attached hydrogens (tertiary/aromatic N) is 5. The summed E-state index contributed by atoms with van der Waals surface area (Å²) in [5.74, 6) is 1.11. The number of hydrogen-bond donors (Lipinski definition) is 1. The Morgan fingerprint density at radius 2 is 1.71 bits per heavy atom. The summed E-state index contributed by atoms with van der Waals surface area (Å²) in [7, 11) is 0. The number of anilines is 2. The largest absolute Gasteiger partial charge is 0.460 e. The quantitative estimate of drug-likeness (QED) is 0.451. The molecular formula is C25H23FN6O2. The first-order chi connectivity index (χ1) is 16.7. The Kier molecular flexibility index (Phi) is 6.15. The fourth-order valence-electron chi connectivity index (χ4n) is 3.86. The highest BCUT2D eigenvalue weighted by Gasteiger charge is 2.23. The van der Waals surface area contributed by atoms with Crippen molar-refractivity contribution in [1.29, 1.82) is 0 Å². The number of nitrogen functional groups attached to an aromatic ring is 1. The van der Waals surface area contributed by atoms with Crippen molar-refractivity contribution < 1.29 is 13.9 Å². The SMILES string of the molecule is Nc1nc(OC2CCN(c3cc(Oc4ccccc4-c4ccccc4)ncn3)CC2)ncc1F. The summed E-state index contributed by atoms with van der Waals surface area (Å²) in [6.07, 6.45) is 3.91. The number of aromatic nitrogens is 4. The highest BCUT2D eigenvalue weighted by molar-refractivity contribution is 5.70. The Hall–Kier alpha value is -4.27. The van der Waals surface area contributed by atoms with Crippen LogP contribution in [-0.4, -0.2) is 39.1 Å². The van der Waals surface area contributed by atoms with Crippen LogP contribution in [0.15, 0.2) is 73.2 Å². The molecule has 4 aromatic rings. The predicted octanol–water partition coefficient (Wildman–Crippen LogP) is 4.50. The van der Waals surface area contributed by atoms with Crippen molar-refractivity contribution in [2.24, 2.45) is 0 Å². The van der Waals surface area contributed by atoms with Gasteiger partial charge < -0.3 is 20.1 Å². The van der Waals surface area contributed by atoms with Crippen LogP contribution < -0.4 is 20.1 Å². The molecule has 0 spiro atoms. The van der Waals surface area contributed by atoms with Crippen molar-refractivity contribution >= 4 is 11.6 Å². The van der Waals surface area contributed by atoms with Crippen LogP contribution in [0, 0.1) is 5.82 Å². The van der Waals surface area contributed by atoms with Gasteiger partial charge in [0.15, 0.2) is 11.6 Å². The molecule has 1 fully saturated rings. The molecular weight excluding hydrogens is 435 g/mol. The second-order valence-electron chi connectivity index (χ2n) is 7.87. The molecule has 1 aliphatic heterocycles. The molecule has 0 amide bonds.